The van der Waals surface area contributed by atoms with Crippen molar-refractivity contribution in [1.29, 1.82) is 5.26 Å². The van der Waals surface area contributed by atoms with E-state index in [4.69, 9.17) is 5.26 Å². The molecule has 0 saturated carbocycles. The highest BCUT2D eigenvalue weighted by Crippen LogP contribution is 2.19. The van der Waals surface area contributed by atoms with Crippen LogP contribution >= 0.6 is 11.8 Å². The van der Waals surface area contributed by atoms with E-state index in [1.807, 2.05) is 31.3 Å². The molecule has 0 unspecified atom stereocenters. The highest BCUT2D eigenvalue weighted by atomic mass is 32.2. The zero-order valence-corrected chi connectivity index (χ0v) is 9.87. The fourth-order valence-corrected chi connectivity index (χ4v) is 2.55. The number of nitrogens with zero attached hydrogens (tertiary/aromatic N) is 4. The molecule has 2 heterocycles. The first-order valence-corrected chi connectivity index (χ1v) is 6.05. The summed E-state index contributed by atoms with van der Waals surface area (Å²) in [4.78, 5) is 10.3. The molecule has 1 fully saturated rings. The molecular weight excluding hydrogens is 220 g/mol. The van der Waals surface area contributed by atoms with E-state index in [-0.39, 0.29) is 0 Å². The number of pyridine rings is 1. The third kappa shape index (κ3) is 2.52. The van der Waals surface area contributed by atoms with Crippen LogP contribution in [0.4, 0.5) is 0 Å². The van der Waals surface area contributed by atoms with Crippen LogP contribution in [0.5, 0.6) is 0 Å². The van der Waals surface area contributed by atoms with Gasteiger partial charge in [0.05, 0.1) is 12.2 Å². The molecule has 5 heteroatoms. The van der Waals surface area contributed by atoms with Crippen LogP contribution in [0.25, 0.3) is 0 Å². The number of hydrogen-bond donors (Lipinski definition) is 0. The second kappa shape index (κ2) is 4.99. The van der Waals surface area contributed by atoms with Gasteiger partial charge in [-0.05, 0) is 19.1 Å². The van der Waals surface area contributed by atoms with Gasteiger partial charge in [0, 0.05) is 18.0 Å². The van der Waals surface area contributed by atoms with E-state index >= 15 is 0 Å². The summed E-state index contributed by atoms with van der Waals surface area (Å²) < 4.78 is 0. The minimum atomic E-state index is 0.731. The number of nitriles is 1. The normalized spacial score (nSPS) is 17.8. The Kier molecular flexibility index (Phi) is 3.42. The summed E-state index contributed by atoms with van der Waals surface area (Å²) in [5.74, 6) is 0.992. The first-order chi connectivity index (χ1) is 7.79. The number of rotatable bonds is 2. The molecule has 1 aliphatic heterocycles. The molecule has 2 rings (SSSR count). The molecule has 0 radical (unpaired) electrons. The standard InChI is InChI=1S/C11H12N4S/c1-9-3-2-4-10(14-9)7-15-5-6-16-11(15)13-8-12/h2-4H,5-7H2,1H3/b13-11+. The van der Waals surface area contributed by atoms with Gasteiger partial charge in [-0.15, -0.1) is 4.99 Å². The summed E-state index contributed by atoms with van der Waals surface area (Å²) >= 11 is 1.62. The van der Waals surface area contributed by atoms with Gasteiger partial charge in [-0.3, -0.25) is 4.98 Å². The summed E-state index contributed by atoms with van der Waals surface area (Å²) in [6.45, 7) is 3.64. The fraction of sp³-hybridized carbons (Fsp3) is 0.364. The Bertz CT molecular complexity index is 450. The average Bonchev–Trinajstić information content (AvgIpc) is 2.66. The van der Waals surface area contributed by atoms with Crippen LogP contribution in [0.3, 0.4) is 0 Å². The predicted molar refractivity (Wildman–Crippen MR) is 64.9 cm³/mol. The van der Waals surface area contributed by atoms with E-state index in [1.165, 1.54) is 0 Å². The summed E-state index contributed by atoms with van der Waals surface area (Å²) in [7, 11) is 0. The molecule has 82 valence electrons. The largest absolute Gasteiger partial charge is 0.344 e. The van der Waals surface area contributed by atoms with Gasteiger partial charge in [-0.25, -0.2) is 0 Å². The predicted octanol–water partition coefficient (Wildman–Crippen LogP) is 1.78. The van der Waals surface area contributed by atoms with Gasteiger partial charge in [0.25, 0.3) is 0 Å². The van der Waals surface area contributed by atoms with Crippen molar-refractivity contribution < 1.29 is 0 Å². The summed E-state index contributed by atoms with van der Waals surface area (Å²) in [5.41, 5.74) is 2.04. The maximum Gasteiger partial charge on any atom is 0.208 e. The minimum absolute atomic E-state index is 0.731. The second-order valence-electron chi connectivity index (χ2n) is 3.53. The van der Waals surface area contributed by atoms with Gasteiger partial charge in [0.15, 0.2) is 5.17 Å². The van der Waals surface area contributed by atoms with Gasteiger partial charge in [0.1, 0.15) is 0 Å². The van der Waals surface area contributed by atoms with Crippen molar-refractivity contribution in [2.75, 3.05) is 12.3 Å². The van der Waals surface area contributed by atoms with Gasteiger partial charge in [-0.1, -0.05) is 17.8 Å². The first-order valence-electron chi connectivity index (χ1n) is 5.06. The molecule has 0 bridgehead atoms. The number of amidine groups is 1. The lowest BCUT2D eigenvalue weighted by Crippen LogP contribution is -2.24. The van der Waals surface area contributed by atoms with E-state index in [0.717, 1.165) is 35.4 Å². The Morgan fingerprint density at radius 2 is 2.50 bits per heavy atom. The lowest BCUT2D eigenvalue weighted by atomic mass is 10.3. The van der Waals surface area contributed by atoms with Crippen LogP contribution in [0.15, 0.2) is 23.2 Å². The van der Waals surface area contributed by atoms with Crippen molar-refractivity contribution in [2.45, 2.75) is 13.5 Å². The summed E-state index contributed by atoms with van der Waals surface area (Å²) in [5, 5.41) is 9.37. The number of aryl methyl sites for hydroxylation is 1. The SMILES string of the molecule is Cc1cccc(CN2CCS/C2=N/C#N)n1. The molecule has 4 nitrogen and oxygen atoms in total. The van der Waals surface area contributed by atoms with Gasteiger partial charge >= 0.3 is 0 Å². The molecule has 0 atom stereocenters. The molecule has 16 heavy (non-hydrogen) atoms. The zero-order valence-electron chi connectivity index (χ0n) is 9.05. The summed E-state index contributed by atoms with van der Waals surface area (Å²) in [6.07, 6.45) is 1.84. The van der Waals surface area contributed by atoms with E-state index in [2.05, 4.69) is 14.9 Å². The smallest absolute Gasteiger partial charge is 0.208 e. The van der Waals surface area contributed by atoms with Crippen molar-refractivity contribution in [3.63, 3.8) is 0 Å². The Morgan fingerprint density at radius 1 is 1.62 bits per heavy atom. The number of aliphatic imine (C=N–C) groups is 1. The van der Waals surface area contributed by atoms with Gasteiger partial charge < -0.3 is 4.90 Å². The number of thioether (sulfide) groups is 1. The van der Waals surface area contributed by atoms with Crippen molar-refractivity contribution in [3.05, 3.63) is 29.6 Å². The molecule has 1 saturated heterocycles. The Hall–Kier alpha value is -1.54. The highest BCUT2D eigenvalue weighted by Gasteiger charge is 2.19. The van der Waals surface area contributed by atoms with Crippen molar-refractivity contribution >= 4 is 16.9 Å². The Labute approximate surface area is 99.0 Å². The molecule has 0 amide bonds. The lowest BCUT2D eigenvalue weighted by molar-refractivity contribution is 0.450. The monoisotopic (exact) mass is 232 g/mol. The average molecular weight is 232 g/mol. The van der Waals surface area contributed by atoms with Gasteiger partial charge in [0.2, 0.25) is 6.19 Å². The van der Waals surface area contributed by atoms with Gasteiger partial charge in [-0.2, -0.15) is 5.26 Å². The minimum Gasteiger partial charge on any atom is -0.344 e. The number of aromatic nitrogens is 1. The van der Waals surface area contributed by atoms with Crippen LogP contribution < -0.4 is 0 Å². The maximum atomic E-state index is 8.56. The third-order valence-corrected chi connectivity index (χ3v) is 3.30. The van der Waals surface area contributed by atoms with E-state index in [9.17, 15) is 0 Å². The molecule has 1 aromatic heterocycles. The Morgan fingerprint density at radius 3 is 3.25 bits per heavy atom. The van der Waals surface area contributed by atoms with Crippen LogP contribution in [0.2, 0.25) is 0 Å². The first kappa shape index (κ1) is 11.0. The molecule has 1 aliphatic rings. The lowest BCUT2D eigenvalue weighted by Gasteiger charge is -2.16. The van der Waals surface area contributed by atoms with Crippen molar-refractivity contribution in [2.24, 2.45) is 4.99 Å². The summed E-state index contributed by atoms with van der Waals surface area (Å²) in [6, 6.07) is 5.98. The Balaban J connectivity index is 2.10. The molecule has 0 spiro atoms. The van der Waals surface area contributed by atoms with E-state index in [0.29, 0.717) is 0 Å². The van der Waals surface area contributed by atoms with E-state index < -0.39 is 0 Å². The van der Waals surface area contributed by atoms with Crippen molar-refractivity contribution in [3.8, 4) is 6.19 Å². The zero-order chi connectivity index (χ0) is 11.4. The van der Waals surface area contributed by atoms with Crippen LogP contribution in [0, 0.1) is 18.4 Å². The van der Waals surface area contributed by atoms with E-state index in [1.54, 1.807) is 11.8 Å². The molecule has 0 aromatic carbocycles. The van der Waals surface area contributed by atoms with Crippen molar-refractivity contribution in [1.82, 2.24) is 9.88 Å². The maximum absolute atomic E-state index is 8.56. The highest BCUT2D eigenvalue weighted by molar-refractivity contribution is 8.14. The molecular formula is C11H12N4S. The third-order valence-electron chi connectivity index (χ3n) is 2.31. The van der Waals surface area contributed by atoms with Crippen LogP contribution in [-0.2, 0) is 6.54 Å². The molecule has 0 aliphatic carbocycles. The topological polar surface area (TPSA) is 52.3 Å². The number of hydrogen-bond acceptors (Lipinski definition) is 4. The van der Waals surface area contributed by atoms with Crippen LogP contribution in [0.1, 0.15) is 11.4 Å². The molecule has 1 aromatic rings. The quantitative estimate of drug-likeness (QED) is 0.729. The molecule has 0 N–H and O–H groups in total. The second-order valence-corrected chi connectivity index (χ2v) is 4.60. The van der Waals surface area contributed by atoms with Crippen LogP contribution in [-0.4, -0.2) is 27.3 Å². The fourth-order valence-electron chi connectivity index (χ4n) is 1.61.